The average Bonchev–Trinajstić information content (AvgIpc) is 2.55. The number of aromatic nitrogens is 1. The summed E-state index contributed by atoms with van der Waals surface area (Å²) in [5.74, 6) is 0. The van der Waals surface area contributed by atoms with Crippen LogP contribution in [0.3, 0.4) is 0 Å². The lowest BCUT2D eigenvalue weighted by Crippen LogP contribution is -2.21. The van der Waals surface area contributed by atoms with Crippen LogP contribution >= 0.6 is 11.3 Å². The third-order valence-electron chi connectivity index (χ3n) is 2.62. The predicted molar refractivity (Wildman–Crippen MR) is 73.4 cm³/mol. The second-order valence-corrected chi connectivity index (χ2v) is 6.42. The van der Waals surface area contributed by atoms with Crippen molar-refractivity contribution in [1.82, 2.24) is 4.98 Å². The summed E-state index contributed by atoms with van der Waals surface area (Å²) >= 11 is 1.74. The number of rotatable bonds is 5. The highest BCUT2D eigenvalue weighted by Gasteiger charge is 2.30. The molecule has 17 heavy (non-hydrogen) atoms. The Kier molecular flexibility index (Phi) is 5.10. The summed E-state index contributed by atoms with van der Waals surface area (Å²) in [6, 6.07) is 0. The van der Waals surface area contributed by atoms with Gasteiger partial charge >= 0.3 is 0 Å². The molecule has 0 aliphatic rings. The number of thiazole rings is 1. The van der Waals surface area contributed by atoms with E-state index in [0.29, 0.717) is 13.2 Å². The maximum atomic E-state index is 5.86. The molecule has 98 valence electrons. The molecule has 1 aromatic rings. The highest BCUT2D eigenvalue weighted by Crippen LogP contribution is 2.38. The van der Waals surface area contributed by atoms with Gasteiger partial charge in [-0.15, -0.1) is 11.3 Å². The van der Waals surface area contributed by atoms with Crippen LogP contribution in [-0.2, 0) is 11.2 Å². The number of hydrogen-bond donors (Lipinski definition) is 1. The van der Waals surface area contributed by atoms with Crippen molar-refractivity contribution in [3.63, 3.8) is 0 Å². The Morgan fingerprint density at radius 3 is 2.53 bits per heavy atom. The minimum absolute atomic E-state index is 0.0697. The monoisotopic (exact) mass is 256 g/mol. The van der Waals surface area contributed by atoms with Crippen molar-refractivity contribution in [2.24, 2.45) is 11.1 Å². The van der Waals surface area contributed by atoms with Crippen LogP contribution in [0.4, 0.5) is 0 Å². The molecule has 0 saturated heterocycles. The normalized spacial score (nSPS) is 14.0. The molecule has 0 aromatic carbocycles. The first-order chi connectivity index (χ1) is 7.90. The first-order valence-corrected chi connectivity index (χ1v) is 6.99. The van der Waals surface area contributed by atoms with E-state index in [1.807, 2.05) is 6.92 Å². The van der Waals surface area contributed by atoms with Crippen LogP contribution in [0.2, 0.25) is 0 Å². The number of ether oxygens (including phenoxy) is 1. The second-order valence-electron chi connectivity index (χ2n) is 5.30. The summed E-state index contributed by atoms with van der Waals surface area (Å²) in [5.41, 5.74) is 6.78. The predicted octanol–water partition coefficient (Wildman–Crippen LogP) is 3.08. The molecular weight excluding hydrogens is 232 g/mol. The summed E-state index contributed by atoms with van der Waals surface area (Å²) in [5, 5.41) is 1.08. The largest absolute Gasteiger partial charge is 0.371 e. The standard InChI is InChI=1S/C13H24N2OS/c1-6-16-11(13(3,4)5)12-15-9(2)10(17-12)7-8-14/h11H,6-8,14H2,1-5H3. The summed E-state index contributed by atoms with van der Waals surface area (Å²) in [6.45, 7) is 12.0. The molecular formula is C13H24N2OS. The lowest BCUT2D eigenvalue weighted by Gasteiger charge is -2.28. The van der Waals surface area contributed by atoms with Gasteiger partial charge in [0.1, 0.15) is 11.1 Å². The number of aryl methyl sites for hydroxylation is 1. The molecule has 1 heterocycles. The molecule has 3 nitrogen and oxygen atoms in total. The van der Waals surface area contributed by atoms with Crippen LogP contribution in [0, 0.1) is 12.3 Å². The van der Waals surface area contributed by atoms with Crippen molar-refractivity contribution in [2.45, 2.75) is 47.1 Å². The lowest BCUT2D eigenvalue weighted by molar-refractivity contribution is -0.0134. The molecule has 4 heteroatoms. The zero-order valence-electron chi connectivity index (χ0n) is 11.5. The lowest BCUT2D eigenvalue weighted by atomic mass is 9.89. The van der Waals surface area contributed by atoms with Crippen molar-refractivity contribution in [2.75, 3.05) is 13.2 Å². The molecule has 0 spiro atoms. The Bertz CT molecular complexity index is 355. The van der Waals surface area contributed by atoms with Crippen molar-refractivity contribution < 1.29 is 4.74 Å². The molecule has 0 saturated carbocycles. The first kappa shape index (κ1) is 14.6. The first-order valence-electron chi connectivity index (χ1n) is 6.18. The van der Waals surface area contributed by atoms with Gasteiger partial charge in [0.05, 0.1) is 5.69 Å². The van der Waals surface area contributed by atoms with E-state index in [2.05, 4.69) is 32.7 Å². The highest BCUT2D eigenvalue weighted by atomic mass is 32.1. The molecule has 0 aliphatic carbocycles. The fourth-order valence-corrected chi connectivity index (χ4v) is 3.16. The zero-order valence-corrected chi connectivity index (χ0v) is 12.4. The fourth-order valence-electron chi connectivity index (χ4n) is 1.78. The molecule has 1 unspecified atom stereocenters. The van der Waals surface area contributed by atoms with Crippen molar-refractivity contribution in [1.29, 1.82) is 0 Å². The topological polar surface area (TPSA) is 48.1 Å². The zero-order chi connectivity index (χ0) is 13.1. The number of nitrogens with two attached hydrogens (primary N) is 1. The van der Waals surface area contributed by atoms with Crippen LogP contribution in [0.25, 0.3) is 0 Å². The minimum atomic E-state index is 0.0697. The smallest absolute Gasteiger partial charge is 0.123 e. The minimum Gasteiger partial charge on any atom is -0.371 e. The third-order valence-corrected chi connectivity index (χ3v) is 3.89. The molecule has 0 bridgehead atoms. The maximum Gasteiger partial charge on any atom is 0.123 e. The molecule has 2 N–H and O–H groups in total. The van der Waals surface area contributed by atoms with Gasteiger partial charge in [0.15, 0.2) is 0 Å². The second kappa shape index (κ2) is 5.94. The van der Waals surface area contributed by atoms with E-state index in [1.165, 1.54) is 4.88 Å². The molecule has 1 rings (SSSR count). The Balaban J connectivity index is 2.98. The van der Waals surface area contributed by atoms with E-state index in [9.17, 15) is 0 Å². The van der Waals surface area contributed by atoms with Crippen molar-refractivity contribution in [3.05, 3.63) is 15.6 Å². The Labute approximate surface area is 108 Å². The SMILES string of the molecule is CCOC(c1nc(C)c(CCN)s1)C(C)(C)C. The highest BCUT2D eigenvalue weighted by molar-refractivity contribution is 7.11. The summed E-state index contributed by atoms with van der Waals surface area (Å²) < 4.78 is 5.86. The van der Waals surface area contributed by atoms with Gasteiger partial charge in [0, 0.05) is 11.5 Å². The summed E-state index contributed by atoms with van der Waals surface area (Å²) in [7, 11) is 0. The molecule has 0 fully saturated rings. The van der Waals surface area contributed by atoms with E-state index in [0.717, 1.165) is 17.1 Å². The van der Waals surface area contributed by atoms with Gasteiger partial charge in [-0.25, -0.2) is 4.98 Å². The van der Waals surface area contributed by atoms with Crippen molar-refractivity contribution >= 4 is 11.3 Å². The molecule has 1 aromatic heterocycles. The Hall–Kier alpha value is -0.450. The van der Waals surface area contributed by atoms with Crippen LogP contribution < -0.4 is 5.73 Å². The van der Waals surface area contributed by atoms with Crippen molar-refractivity contribution in [3.8, 4) is 0 Å². The maximum absolute atomic E-state index is 5.86. The molecule has 1 atom stereocenters. The van der Waals surface area contributed by atoms with Gasteiger partial charge < -0.3 is 10.5 Å². The third kappa shape index (κ3) is 3.76. The summed E-state index contributed by atoms with van der Waals surface area (Å²) in [6.07, 6.45) is 0.981. The Morgan fingerprint density at radius 1 is 1.41 bits per heavy atom. The van der Waals surface area contributed by atoms with Gasteiger partial charge in [0.25, 0.3) is 0 Å². The molecule has 0 radical (unpaired) electrons. The average molecular weight is 256 g/mol. The van der Waals surface area contributed by atoms with Gasteiger partial charge in [-0.3, -0.25) is 0 Å². The van der Waals surface area contributed by atoms with Gasteiger partial charge in [-0.1, -0.05) is 20.8 Å². The van der Waals surface area contributed by atoms with Crippen LogP contribution in [0.1, 0.15) is 49.4 Å². The van der Waals surface area contributed by atoms with Gasteiger partial charge in [0.2, 0.25) is 0 Å². The van der Waals surface area contributed by atoms with Crippen LogP contribution in [0.15, 0.2) is 0 Å². The van der Waals surface area contributed by atoms with E-state index in [-0.39, 0.29) is 11.5 Å². The Morgan fingerprint density at radius 2 is 2.06 bits per heavy atom. The van der Waals surface area contributed by atoms with E-state index in [4.69, 9.17) is 10.5 Å². The summed E-state index contributed by atoms with van der Waals surface area (Å²) in [4.78, 5) is 5.94. The number of hydrogen-bond acceptors (Lipinski definition) is 4. The van der Waals surface area contributed by atoms with Crippen LogP contribution in [0.5, 0.6) is 0 Å². The quantitative estimate of drug-likeness (QED) is 0.880. The molecule has 0 amide bonds. The fraction of sp³-hybridized carbons (Fsp3) is 0.769. The molecule has 0 aliphatic heterocycles. The van der Waals surface area contributed by atoms with E-state index < -0.39 is 0 Å². The van der Waals surface area contributed by atoms with Crippen LogP contribution in [-0.4, -0.2) is 18.1 Å². The van der Waals surface area contributed by atoms with Gasteiger partial charge in [-0.2, -0.15) is 0 Å². The van der Waals surface area contributed by atoms with Gasteiger partial charge in [-0.05, 0) is 32.2 Å². The van der Waals surface area contributed by atoms with E-state index in [1.54, 1.807) is 11.3 Å². The van der Waals surface area contributed by atoms with E-state index >= 15 is 0 Å². The number of nitrogens with zero attached hydrogens (tertiary/aromatic N) is 1.